The highest BCUT2D eigenvalue weighted by Crippen LogP contribution is 2.26. The van der Waals surface area contributed by atoms with Crippen LogP contribution in [-0.2, 0) is 11.2 Å². The molecule has 0 bridgehead atoms. The number of hydrogen-bond acceptors (Lipinski definition) is 3. The SMILES string of the molecule is CC1CC(N)CN(C2CCc3ccccc3NC2=O)C1. The number of rotatable bonds is 1. The van der Waals surface area contributed by atoms with Gasteiger partial charge in [-0.15, -0.1) is 0 Å². The Morgan fingerprint density at radius 2 is 2.10 bits per heavy atom. The molecule has 1 fully saturated rings. The molecule has 4 nitrogen and oxygen atoms in total. The molecule has 4 heteroatoms. The zero-order valence-corrected chi connectivity index (χ0v) is 12.0. The van der Waals surface area contributed by atoms with E-state index in [1.54, 1.807) is 0 Å². The third-order valence-electron chi connectivity index (χ3n) is 4.43. The lowest BCUT2D eigenvalue weighted by molar-refractivity contribution is -0.122. The van der Waals surface area contributed by atoms with Crippen LogP contribution in [0.25, 0.3) is 0 Å². The maximum absolute atomic E-state index is 12.5. The Morgan fingerprint density at radius 1 is 1.30 bits per heavy atom. The third kappa shape index (κ3) is 2.72. The second-order valence-electron chi connectivity index (χ2n) is 6.26. The van der Waals surface area contributed by atoms with Gasteiger partial charge in [0.25, 0.3) is 0 Å². The number of benzene rings is 1. The molecule has 3 atom stereocenters. The number of carbonyl (C=O) groups excluding carboxylic acids is 1. The number of aryl methyl sites for hydroxylation is 1. The van der Waals surface area contributed by atoms with Gasteiger partial charge in [0.15, 0.2) is 0 Å². The number of nitrogens with two attached hydrogens (primary N) is 1. The molecule has 1 aromatic rings. The number of para-hydroxylation sites is 1. The first-order valence-electron chi connectivity index (χ1n) is 7.52. The zero-order chi connectivity index (χ0) is 14.1. The van der Waals surface area contributed by atoms with Crippen LogP contribution in [0.2, 0.25) is 0 Å². The number of nitrogens with one attached hydrogen (secondary N) is 1. The Kier molecular flexibility index (Phi) is 3.76. The minimum atomic E-state index is -0.0452. The number of hydrogen-bond donors (Lipinski definition) is 2. The molecule has 0 saturated carbocycles. The molecule has 0 aromatic heterocycles. The summed E-state index contributed by atoms with van der Waals surface area (Å²) in [5.41, 5.74) is 8.32. The highest BCUT2D eigenvalue weighted by molar-refractivity contribution is 5.96. The molecule has 1 saturated heterocycles. The molecule has 20 heavy (non-hydrogen) atoms. The smallest absolute Gasteiger partial charge is 0.241 e. The molecular formula is C16H23N3O. The Bertz CT molecular complexity index is 492. The van der Waals surface area contributed by atoms with E-state index in [-0.39, 0.29) is 18.0 Å². The van der Waals surface area contributed by atoms with E-state index in [0.29, 0.717) is 5.92 Å². The van der Waals surface area contributed by atoms with Crippen molar-refractivity contribution in [3.8, 4) is 0 Å². The van der Waals surface area contributed by atoms with Gasteiger partial charge >= 0.3 is 0 Å². The Hall–Kier alpha value is -1.39. The average molecular weight is 273 g/mol. The number of anilines is 1. The molecule has 3 unspecified atom stereocenters. The third-order valence-corrected chi connectivity index (χ3v) is 4.43. The maximum atomic E-state index is 12.5. The molecular weight excluding hydrogens is 250 g/mol. The second kappa shape index (κ2) is 5.54. The van der Waals surface area contributed by atoms with Gasteiger partial charge in [0.05, 0.1) is 6.04 Å². The van der Waals surface area contributed by atoms with Gasteiger partial charge in [0, 0.05) is 24.8 Å². The van der Waals surface area contributed by atoms with E-state index in [1.165, 1.54) is 5.56 Å². The molecule has 0 aliphatic carbocycles. The molecule has 2 aliphatic heterocycles. The van der Waals surface area contributed by atoms with Crippen LogP contribution in [0.3, 0.4) is 0 Å². The quantitative estimate of drug-likeness (QED) is 0.817. The number of likely N-dealkylation sites (tertiary alicyclic amines) is 1. The molecule has 1 aromatic carbocycles. The predicted molar refractivity (Wildman–Crippen MR) is 80.5 cm³/mol. The van der Waals surface area contributed by atoms with Crippen molar-refractivity contribution < 1.29 is 4.79 Å². The van der Waals surface area contributed by atoms with Crippen molar-refractivity contribution in [3.63, 3.8) is 0 Å². The van der Waals surface area contributed by atoms with Crippen molar-refractivity contribution in [1.29, 1.82) is 0 Å². The van der Waals surface area contributed by atoms with Crippen LogP contribution in [0.4, 0.5) is 5.69 Å². The second-order valence-corrected chi connectivity index (χ2v) is 6.26. The summed E-state index contributed by atoms with van der Waals surface area (Å²) < 4.78 is 0. The molecule has 0 spiro atoms. The summed E-state index contributed by atoms with van der Waals surface area (Å²) in [4.78, 5) is 14.8. The fraction of sp³-hybridized carbons (Fsp3) is 0.562. The summed E-state index contributed by atoms with van der Waals surface area (Å²) in [6.07, 6.45) is 2.88. The van der Waals surface area contributed by atoms with Crippen LogP contribution in [0.1, 0.15) is 25.3 Å². The van der Waals surface area contributed by atoms with Gasteiger partial charge in [-0.3, -0.25) is 9.69 Å². The normalized spacial score (nSPS) is 31.3. The maximum Gasteiger partial charge on any atom is 0.241 e. The highest BCUT2D eigenvalue weighted by Gasteiger charge is 2.33. The zero-order valence-electron chi connectivity index (χ0n) is 12.0. The summed E-state index contributed by atoms with van der Waals surface area (Å²) >= 11 is 0. The Balaban J connectivity index is 1.77. The summed E-state index contributed by atoms with van der Waals surface area (Å²) in [5.74, 6) is 0.688. The van der Waals surface area contributed by atoms with Gasteiger partial charge in [-0.1, -0.05) is 25.1 Å². The van der Waals surface area contributed by atoms with Crippen LogP contribution >= 0.6 is 0 Å². The molecule has 3 rings (SSSR count). The van der Waals surface area contributed by atoms with Crippen LogP contribution in [0.5, 0.6) is 0 Å². The fourth-order valence-corrected chi connectivity index (χ4v) is 3.54. The standard InChI is InChI=1S/C16H23N3O/c1-11-8-13(17)10-19(9-11)15-7-6-12-4-2-3-5-14(12)18-16(15)20/h2-5,11,13,15H,6-10,17H2,1H3,(H,18,20). The number of carbonyl (C=O) groups is 1. The first-order chi connectivity index (χ1) is 9.63. The number of nitrogens with zero attached hydrogens (tertiary/aromatic N) is 1. The number of amides is 1. The largest absolute Gasteiger partial charge is 0.327 e. The molecule has 2 heterocycles. The topological polar surface area (TPSA) is 58.4 Å². The van der Waals surface area contributed by atoms with Gasteiger partial charge in [-0.05, 0) is 36.8 Å². The molecule has 0 radical (unpaired) electrons. The van der Waals surface area contributed by atoms with Crippen molar-refractivity contribution in [2.45, 2.75) is 38.3 Å². The lowest BCUT2D eigenvalue weighted by Crippen LogP contribution is -2.53. The van der Waals surface area contributed by atoms with Crippen molar-refractivity contribution >= 4 is 11.6 Å². The monoisotopic (exact) mass is 273 g/mol. The molecule has 3 N–H and O–H groups in total. The van der Waals surface area contributed by atoms with Crippen LogP contribution in [0.15, 0.2) is 24.3 Å². The predicted octanol–water partition coefficient (Wildman–Crippen LogP) is 1.61. The van der Waals surface area contributed by atoms with Crippen molar-refractivity contribution in [1.82, 2.24) is 4.90 Å². The van der Waals surface area contributed by atoms with Gasteiger partial charge in [-0.2, -0.15) is 0 Å². The van der Waals surface area contributed by atoms with Crippen LogP contribution < -0.4 is 11.1 Å². The van der Waals surface area contributed by atoms with Crippen molar-refractivity contribution in [3.05, 3.63) is 29.8 Å². The van der Waals surface area contributed by atoms with E-state index < -0.39 is 0 Å². The minimum absolute atomic E-state index is 0.0452. The van der Waals surface area contributed by atoms with Gasteiger partial charge < -0.3 is 11.1 Å². The summed E-state index contributed by atoms with van der Waals surface area (Å²) in [6, 6.07) is 8.24. The molecule has 1 amide bonds. The van der Waals surface area contributed by atoms with Crippen LogP contribution in [0, 0.1) is 5.92 Å². The Morgan fingerprint density at radius 3 is 2.90 bits per heavy atom. The minimum Gasteiger partial charge on any atom is -0.327 e. The van der Waals surface area contributed by atoms with Gasteiger partial charge in [-0.25, -0.2) is 0 Å². The van der Waals surface area contributed by atoms with E-state index in [0.717, 1.165) is 38.0 Å². The fourth-order valence-electron chi connectivity index (χ4n) is 3.54. The summed E-state index contributed by atoms with van der Waals surface area (Å²) in [5, 5.41) is 3.08. The lowest BCUT2D eigenvalue weighted by atomic mass is 9.94. The first kappa shape index (κ1) is 13.6. The summed E-state index contributed by atoms with van der Waals surface area (Å²) in [7, 11) is 0. The first-order valence-corrected chi connectivity index (χ1v) is 7.52. The van der Waals surface area contributed by atoms with E-state index in [4.69, 9.17) is 5.73 Å². The lowest BCUT2D eigenvalue weighted by Gasteiger charge is -2.38. The van der Waals surface area contributed by atoms with Crippen molar-refractivity contribution in [2.24, 2.45) is 11.7 Å². The Labute approximate surface area is 120 Å². The van der Waals surface area contributed by atoms with Crippen molar-refractivity contribution in [2.75, 3.05) is 18.4 Å². The number of piperidine rings is 1. The van der Waals surface area contributed by atoms with E-state index >= 15 is 0 Å². The molecule has 108 valence electrons. The van der Waals surface area contributed by atoms with Gasteiger partial charge in [0.2, 0.25) is 5.91 Å². The van der Waals surface area contributed by atoms with Crippen LogP contribution in [-0.4, -0.2) is 36.0 Å². The average Bonchev–Trinajstić information content (AvgIpc) is 2.55. The molecule has 2 aliphatic rings. The van der Waals surface area contributed by atoms with Gasteiger partial charge in [0.1, 0.15) is 0 Å². The summed E-state index contributed by atoms with van der Waals surface area (Å²) in [6.45, 7) is 4.02. The van der Waals surface area contributed by atoms with E-state index in [2.05, 4.69) is 23.2 Å². The van der Waals surface area contributed by atoms with E-state index in [1.807, 2.05) is 18.2 Å². The van der Waals surface area contributed by atoms with E-state index in [9.17, 15) is 4.79 Å². The highest BCUT2D eigenvalue weighted by atomic mass is 16.2. The number of fused-ring (bicyclic) bond motifs is 1.